The lowest BCUT2D eigenvalue weighted by atomic mass is 10.2. The molecule has 0 spiro atoms. The fourth-order valence-corrected chi connectivity index (χ4v) is 2.53. The third-order valence-electron chi connectivity index (χ3n) is 4.35. The highest BCUT2D eigenvalue weighted by Crippen LogP contribution is 2.27. The Balaban J connectivity index is 1.89. The molecule has 0 aliphatic carbocycles. The smallest absolute Gasteiger partial charge is 0.280 e. The van der Waals surface area contributed by atoms with Gasteiger partial charge in [-0.1, -0.05) is 32.4 Å². The first kappa shape index (κ1) is 22.3. The number of ether oxygens (including phenoxy) is 3. The molecule has 156 valence electrons. The van der Waals surface area contributed by atoms with Gasteiger partial charge in [-0.25, -0.2) is 5.43 Å². The van der Waals surface area contributed by atoms with Gasteiger partial charge in [0.1, 0.15) is 5.75 Å². The molecular weight excluding hydrogens is 368 g/mol. The number of unbranched alkanes of at least 4 members (excludes halogenated alkanes) is 1. The van der Waals surface area contributed by atoms with E-state index in [0.717, 1.165) is 24.8 Å². The Bertz CT molecular complexity index is 803. The van der Waals surface area contributed by atoms with Crippen LogP contribution >= 0.6 is 0 Å². The van der Waals surface area contributed by atoms with E-state index in [9.17, 15) is 4.79 Å². The van der Waals surface area contributed by atoms with Crippen molar-refractivity contribution in [3.63, 3.8) is 0 Å². The van der Waals surface area contributed by atoms with Crippen LogP contribution in [0.15, 0.2) is 47.6 Å². The summed E-state index contributed by atoms with van der Waals surface area (Å²) in [6, 6.07) is 13.2. The number of hydrazone groups is 1. The number of aryl methyl sites for hydroxylation is 1. The molecule has 0 aromatic heterocycles. The Morgan fingerprint density at radius 1 is 1.14 bits per heavy atom. The first-order valence-electron chi connectivity index (χ1n) is 9.96. The molecule has 1 N–H and O–H groups in total. The first-order chi connectivity index (χ1) is 14.1. The van der Waals surface area contributed by atoms with E-state index in [-0.39, 0.29) is 5.91 Å². The highest BCUT2D eigenvalue weighted by molar-refractivity contribution is 5.84. The average molecular weight is 399 g/mol. The number of nitrogens with one attached hydrogen (secondary N) is 1. The lowest BCUT2D eigenvalue weighted by Gasteiger charge is -2.13. The third-order valence-corrected chi connectivity index (χ3v) is 4.35. The normalized spacial score (nSPS) is 11.9. The van der Waals surface area contributed by atoms with Gasteiger partial charge in [-0.15, -0.1) is 0 Å². The van der Waals surface area contributed by atoms with Crippen molar-refractivity contribution in [1.82, 2.24) is 5.43 Å². The molecule has 0 heterocycles. The molecule has 0 aliphatic rings. The summed E-state index contributed by atoms with van der Waals surface area (Å²) in [4.78, 5) is 12.2. The molecule has 1 unspecified atom stereocenters. The summed E-state index contributed by atoms with van der Waals surface area (Å²) in [7, 11) is 1.59. The van der Waals surface area contributed by atoms with E-state index >= 15 is 0 Å². The number of carbonyl (C=O) groups excluding carboxylic acids is 1. The summed E-state index contributed by atoms with van der Waals surface area (Å²) in [5, 5.41) is 4.01. The molecule has 0 aliphatic heterocycles. The summed E-state index contributed by atoms with van der Waals surface area (Å²) in [6.45, 7) is 6.54. The van der Waals surface area contributed by atoms with E-state index in [2.05, 4.69) is 24.4 Å². The Kier molecular flexibility index (Phi) is 9.02. The topological polar surface area (TPSA) is 69.2 Å². The fourth-order valence-electron chi connectivity index (χ4n) is 2.53. The number of benzene rings is 2. The number of methoxy groups -OCH3 is 1. The van der Waals surface area contributed by atoms with Gasteiger partial charge >= 0.3 is 0 Å². The lowest BCUT2D eigenvalue weighted by Crippen LogP contribution is -2.33. The zero-order chi connectivity index (χ0) is 21.1. The van der Waals surface area contributed by atoms with E-state index in [1.807, 2.05) is 42.5 Å². The van der Waals surface area contributed by atoms with Crippen LogP contribution in [0.2, 0.25) is 0 Å². The third kappa shape index (κ3) is 7.14. The molecule has 0 bridgehead atoms. The molecule has 2 rings (SSSR count). The van der Waals surface area contributed by atoms with Gasteiger partial charge in [0.15, 0.2) is 17.6 Å². The van der Waals surface area contributed by atoms with Crippen molar-refractivity contribution in [2.75, 3.05) is 13.7 Å². The Morgan fingerprint density at radius 3 is 2.55 bits per heavy atom. The summed E-state index contributed by atoms with van der Waals surface area (Å²) < 4.78 is 16.7. The second-order valence-corrected chi connectivity index (χ2v) is 6.60. The van der Waals surface area contributed by atoms with E-state index in [1.165, 1.54) is 5.56 Å². The van der Waals surface area contributed by atoms with Crippen molar-refractivity contribution in [2.24, 2.45) is 5.10 Å². The number of carbonyl (C=O) groups is 1. The van der Waals surface area contributed by atoms with Crippen molar-refractivity contribution >= 4 is 12.1 Å². The average Bonchev–Trinajstić information content (AvgIpc) is 2.75. The predicted molar refractivity (Wildman–Crippen MR) is 115 cm³/mol. The minimum Gasteiger partial charge on any atom is -0.493 e. The minimum absolute atomic E-state index is 0.327. The van der Waals surface area contributed by atoms with E-state index in [0.29, 0.717) is 23.9 Å². The van der Waals surface area contributed by atoms with Gasteiger partial charge in [0.25, 0.3) is 5.91 Å². The number of hydrogen-bond donors (Lipinski definition) is 1. The fraction of sp³-hybridized carbons (Fsp3) is 0.391. The zero-order valence-electron chi connectivity index (χ0n) is 17.6. The second kappa shape index (κ2) is 11.7. The number of rotatable bonds is 11. The van der Waals surface area contributed by atoms with E-state index in [4.69, 9.17) is 14.2 Å². The lowest BCUT2D eigenvalue weighted by molar-refractivity contribution is -0.127. The minimum atomic E-state index is -0.663. The van der Waals surface area contributed by atoms with Crippen molar-refractivity contribution in [3.05, 3.63) is 53.6 Å². The van der Waals surface area contributed by atoms with Gasteiger partial charge in [-0.3, -0.25) is 4.79 Å². The summed E-state index contributed by atoms with van der Waals surface area (Å²) in [5.41, 5.74) is 4.51. The summed E-state index contributed by atoms with van der Waals surface area (Å²) >= 11 is 0. The van der Waals surface area contributed by atoms with Crippen LogP contribution in [-0.2, 0) is 11.2 Å². The van der Waals surface area contributed by atoms with Crippen LogP contribution in [-0.4, -0.2) is 31.9 Å². The SMILES string of the molecule is CCCCOc1ccc(C=NNC(=O)C(C)Oc2ccc(CC)cc2)cc1OC. The molecule has 0 saturated carbocycles. The van der Waals surface area contributed by atoms with Crippen LogP contribution in [0.3, 0.4) is 0 Å². The van der Waals surface area contributed by atoms with Gasteiger partial charge in [0.2, 0.25) is 0 Å². The van der Waals surface area contributed by atoms with Gasteiger partial charge in [0.05, 0.1) is 19.9 Å². The maximum atomic E-state index is 12.2. The number of hydrogen-bond acceptors (Lipinski definition) is 5. The predicted octanol–water partition coefficient (Wildman–Crippen LogP) is 4.35. The molecule has 0 saturated heterocycles. The molecule has 1 amide bonds. The highest BCUT2D eigenvalue weighted by atomic mass is 16.5. The van der Waals surface area contributed by atoms with E-state index in [1.54, 1.807) is 20.2 Å². The summed E-state index contributed by atoms with van der Waals surface area (Å²) in [6.07, 6.45) is 3.91. The Morgan fingerprint density at radius 2 is 1.90 bits per heavy atom. The Labute approximate surface area is 172 Å². The summed E-state index contributed by atoms with van der Waals surface area (Å²) in [5.74, 6) is 1.64. The molecule has 6 nitrogen and oxygen atoms in total. The van der Waals surface area contributed by atoms with E-state index < -0.39 is 6.10 Å². The van der Waals surface area contributed by atoms with Crippen LogP contribution < -0.4 is 19.6 Å². The quantitative estimate of drug-likeness (QED) is 0.347. The maximum Gasteiger partial charge on any atom is 0.280 e. The molecule has 1 atom stereocenters. The van der Waals surface area contributed by atoms with Crippen LogP contribution in [0, 0.1) is 0 Å². The standard InChI is InChI=1S/C23H30N2O4/c1-5-7-14-28-21-13-10-19(15-22(21)27-4)16-24-25-23(26)17(3)29-20-11-8-18(6-2)9-12-20/h8-13,15-17H,5-7,14H2,1-4H3,(H,25,26). The van der Waals surface area contributed by atoms with Gasteiger partial charge in [-0.2, -0.15) is 5.10 Å². The van der Waals surface area contributed by atoms with Crippen LogP contribution in [0.4, 0.5) is 0 Å². The van der Waals surface area contributed by atoms with Crippen LogP contribution in [0.25, 0.3) is 0 Å². The largest absolute Gasteiger partial charge is 0.493 e. The van der Waals surface area contributed by atoms with Crippen LogP contribution in [0.1, 0.15) is 44.7 Å². The van der Waals surface area contributed by atoms with Crippen molar-refractivity contribution < 1.29 is 19.0 Å². The molecule has 29 heavy (non-hydrogen) atoms. The van der Waals surface area contributed by atoms with Crippen molar-refractivity contribution in [1.29, 1.82) is 0 Å². The van der Waals surface area contributed by atoms with Gasteiger partial charge in [-0.05, 0) is 61.2 Å². The second-order valence-electron chi connectivity index (χ2n) is 6.60. The maximum absolute atomic E-state index is 12.2. The zero-order valence-corrected chi connectivity index (χ0v) is 17.6. The molecule has 2 aromatic rings. The molecule has 0 radical (unpaired) electrons. The number of nitrogens with zero attached hydrogens (tertiary/aromatic N) is 1. The van der Waals surface area contributed by atoms with Crippen molar-refractivity contribution in [3.8, 4) is 17.2 Å². The Hall–Kier alpha value is -3.02. The number of amides is 1. The highest BCUT2D eigenvalue weighted by Gasteiger charge is 2.14. The first-order valence-corrected chi connectivity index (χ1v) is 9.96. The molecular formula is C23H30N2O4. The van der Waals surface area contributed by atoms with Gasteiger partial charge in [0, 0.05) is 0 Å². The van der Waals surface area contributed by atoms with Crippen LogP contribution in [0.5, 0.6) is 17.2 Å². The monoisotopic (exact) mass is 398 g/mol. The molecule has 6 heteroatoms. The molecule has 2 aromatic carbocycles. The molecule has 0 fully saturated rings. The van der Waals surface area contributed by atoms with Gasteiger partial charge < -0.3 is 14.2 Å². The van der Waals surface area contributed by atoms with Crippen molar-refractivity contribution in [2.45, 2.75) is 46.1 Å².